The molecule has 9 nitrogen and oxygen atoms in total. The van der Waals surface area contributed by atoms with Crippen LogP contribution in [0.1, 0.15) is 48.5 Å². The van der Waals surface area contributed by atoms with Crippen LogP contribution in [0.5, 0.6) is 0 Å². The normalized spacial score (nSPS) is 15.0. The Kier molecular flexibility index (Phi) is 6.36. The van der Waals surface area contributed by atoms with E-state index in [1.165, 1.54) is 19.7 Å². The van der Waals surface area contributed by atoms with Gasteiger partial charge in [-0.15, -0.1) is 0 Å². The molecular formula is C18H25N5O4. The van der Waals surface area contributed by atoms with Gasteiger partial charge >= 0.3 is 0 Å². The number of nitrogens with one attached hydrogen (secondary N) is 2. The lowest BCUT2D eigenvalue weighted by Gasteiger charge is -2.26. The van der Waals surface area contributed by atoms with Gasteiger partial charge in [0.1, 0.15) is 11.2 Å². The second-order valence-corrected chi connectivity index (χ2v) is 6.56. The average molecular weight is 375 g/mol. The van der Waals surface area contributed by atoms with Crippen molar-refractivity contribution in [3.8, 4) is 0 Å². The first-order valence-corrected chi connectivity index (χ1v) is 9.13. The number of aromatic nitrogens is 3. The summed E-state index contributed by atoms with van der Waals surface area (Å²) in [5, 5.41) is 3.40. The third-order valence-electron chi connectivity index (χ3n) is 4.77. The molecule has 0 unspecified atom stereocenters. The standard InChI is InChI=1S/C18H25N5O4/c1-26-9-8-19-18-20-10-13-15(24)14(17(25)22-27-2)11-23(16(13)21-18)12-6-4-3-5-7-12/h10-12H,3-9H2,1-2H3,(H,22,25)(H,19,20,21). The van der Waals surface area contributed by atoms with Crippen LogP contribution in [0.25, 0.3) is 11.0 Å². The van der Waals surface area contributed by atoms with Crippen molar-refractivity contribution in [3.05, 3.63) is 28.2 Å². The lowest BCUT2D eigenvalue weighted by molar-refractivity contribution is 0.0535. The first-order valence-electron chi connectivity index (χ1n) is 9.13. The fourth-order valence-corrected chi connectivity index (χ4v) is 3.43. The molecule has 2 N–H and O–H groups in total. The van der Waals surface area contributed by atoms with Gasteiger partial charge in [-0.05, 0) is 12.8 Å². The number of amides is 1. The molecule has 1 amide bonds. The van der Waals surface area contributed by atoms with Gasteiger partial charge < -0.3 is 14.6 Å². The topological polar surface area (TPSA) is 107 Å². The smallest absolute Gasteiger partial charge is 0.280 e. The van der Waals surface area contributed by atoms with E-state index in [1.807, 2.05) is 4.57 Å². The minimum Gasteiger partial charge on any atom is -0.383 e. The highest BCUT2D eigenvalue weighted by Crippen LogP contribution is 2.30. The van der Waals surface area contributed by atoms with E-state index in [2.05, 4.69) is 25.6 Å². The van der Waals surface area contributed by atoms with Gasteiger partial charge in [-0.1, -0.05) is 19.3 Å². The summed E-state index contributed by atoms with van der Waals surface area (Å²) >= 11 is 0. The zero-order valence-corrected chi connectivity index (χ0v) is 15.7. The minimum absolute atomic E-state index is 0.0265. The molecule has 0 atom stereocenters. The van der Waals surface area contributed by atoms with Crippen molar-refractivity contribution in [3.63, 3.8) is 0 Å². The molecule has 0 bridgehead atoms. The van der Waals surface area contributed by atoms with Crippen molar-refractivity contribution in [1.29, 1.82) is 0 Å². The molecule has 1 saturated carbocycles. The summed E-state index contributed by atoms with van der Waals surface area (Å²) in [6.07, 6.45) is 8.47. The van der Waals surface area contributed by atoms with Gasteiger partial charge in [0.05, 0.1) is 19.1 Å². The molecule has 0 aliphatic heterocycles. The van der Waals surface area contributed by atoms with Gasteiger partial charge in [0, 0.05) is 32.1 Å². The van der Waals surface area contributed by atoms with Crippen LogP contribution in [0, 0.1) is 0 Å². The van der Waals surface area contributed by atoms with Gasteiger partial charge in [-0.25, -0.2) is 10.5 Å². The van der Waals surface area contributed by atoms with E-state index in [0.717, 1.165) is 25.7 Å². The van der Waals surface area contributed by atoms with E-state index in [9.17, 15) is 9.59 Å². The fourth-order valence-electron chi connectivity index (χ4n) is 3.43. The Hall–Kier alpha value is -2.52. The van der Waals surface area contributed by atoms with Crippen molar-refractivity contribution in [2.45, 2.75) is 38.1 Å². The third-order valence-corrected chi connectivity index (χ3v) is 4.77. The third kappa shape index (κ3) is 4.25. The van der Waals surface area contributed by atoms with Crippen LogP contribution in [0.15, 0.2) is 17.2 Å². The second-order valence-electron chi connectivity index (χ2n) is 6.56. The maximum Gasteiger partial charge on any atom is 0.280 e. The Bertz CT molecular complexity index is 861. The number of hydrogen-bond donors (Lipinski definition) is 2. The van der Waals surface area contributed by atoms with Crippen molar-refractivity contribution in [2.24, 2.45) is 0 Å². The number of hydrogen-bond acceptors (Lipinski definition) is 7. The maximum absolute atomic E-state index is 12.8. The van der Waals surface area contributed by atoms with Crippen LogP contribution < -0.4 is 16.2 Å². The molecule has 2 aromatic heterocycles. The molecule has 9 heteroatoms. The summed E-state index contributed by atoms with van der Waals surface area (Å²) in [5.74, 6) is -0.145. The highest BCUT2D eigenvalue weighted by atomic mass is 16.6. The molecule has 1 aliphatic carbocycles. The molecule has 0 spiro atoms. The van der Waals surface area contributed by atoms with E-state index in [0.29, 0.717) is 30.1 Å². The fraction of sp³-hybridized carbons (Fsp3) is 0.556. The van der Waals surface area contributed by atoms with Gasteiger partial charge in [-0.3, -0.25) is 14.4 Å². The van der Waals surface area contributed by atoms with Crippen LogP contribution in [-0.2, 0) is 9.57 Å². The molecule has 27 heavy (non-hydrogen) atoms. The molecule has 1 aliphatic rings. The van der Waals surface area contributed by atoms with Crippen LogP contribution >= 0.6 is 0 Å². The van der Waals surface area contributed by atoms with Gasteiger partial charge in [0.15, 0.2) is 0 Å². The van der Waals surface area contributed by atoms with E-state index >= 15 is 0 Å². The summed E-state index contributed by atoms with van der Waals surface area (Å²) in [5.41, 5.74) is 2.38. The number of ether oxygens (including phenoxy) is 1. The van der Waals surface area contributed by atoms with Crippen molar-refractivity contribution >= 4 is 22.9 Å². The largest absolute Gasteiger partial charge is 0.383 e. The lowest BCUT2D eigenvalue weighted by atomic mass is 9.95. The quantitative estimate of drug-likeness (QED) is 0.559. The molecule has 146 valence electrons. The molecule has 0 radical (unpaired) electrons. The summed E-state index contributed by atoms with van der Waals surface area (Å²) in [7, 11) is 2.95. The van der Waals surface area contributed by atoms with E-state index in [-0.39, 0.29) is 11.6 Å². The molecule has 2 aromatic rings. The molecule has 1 fully saturated rings. The molecular weight excluding hydrogens is 350 g/mol. The summed E-state index contributed by atoms with van der Waals surface area (Å²) in [4.78, 5) is 38.5. The van der Waals surface area contributed by atoms with Gasteiger partial charge in [0.25, 0.3) is 5.91 Å². The van der Waals surface area contributed by atoms with Crippen molar-refractivity contribution in [1.82, 2.24) is 20.0 Å². The SMILES string of the molecule is COCCNc1ncc2c(=O)c(C(=O)NOC)cn(C3CCCCC3)c2n1. The number of carbonyl (C=O) groups is 1. The Morgan fingerprint density at radius 2 is 2.07 bits per heavy atom. The van der Waals surface area contributed by atoms with Gasteiger partial charge in [-0.2, -0.15) is 4.98 Å². The zero-order chi connectivity index (χ0) is 19.2. The molecule has 3 rings (SSSR count). The summed E-state index contributed by atoms with van der Waals surface area (Å²) in [6.45, 7) is 1.08. The average Bonchev–Trinajstić information content (AvgIpc) is 2.69. The molecule has 2 heterocycles. The number of pyridine rings is 1. The van der Waals surface area contributed by atoms with E-state index in [1.54, 1.807) is 13.3 Å². The predicted molar refractivity (Wildman–Crippen MR) is 101 cm³/mol. The van der Waals surface area contributed by atoms with E-state index < -0.39 is 11.3 Å². The Morgan fingerprint density at radius 1 is 1.30 bits per heavy atom. The van der Waals surface area contributed by atoms with Crippen LogP contribution in [0.4, 0.5) is 5.95 Å². The Morgan fingerprint density at radius 3 is 2.78 bits per heavy atom. The first kappa shape index (κ1) is 19.2. The summed E-state index contributed by atoms with van der Waals surface area (Å²) in [6, 6.07) is 0.192. The number of carbonyl (C=O) groups excluding carboxylic acids is 1. The highest BCUT2D eigenvalue weighted by Gasteiger charge is 2.22. The predicted octanol–water partition coefficient (Wildman–Crippen LogP) is 1.65. The highest BCUT2D eigenvalue weighted by molar-refractivity contribution is 5.96. The number of rotatable bonds is 7. The van der Waals surface area contributed by atoms with E-state index in [4.69, 9.17) is 4.74 Å². The Balaban J connectivity index is 2.10. The van der Waals surface area contributed by atoms with Crippen molar-refractivity contribution in [2.75, 3.05) is 32.7 Å². The number of nitrogens with zero attached hydrogens (tertiary/aromatic N) is 3. The van der Waals surface area contributed by atoms with Crippen LogP contribution in [0.3, 0.4) is 0 Å². The van der Waals surface area contributed by atoms with Crippen LogP contribution in [-0.4, -0.2) is 47.8 Å². The summed E-state index contributed by atoms with van der Waals surface area (Å²) < 4.78 is 6.97. The number of methoxy groups -OCH3 is 1. The first-order chi connectivity index (χ1) is 13.2. The number of fused-ring (bicyclic) bond motifs is 1. The monoisotopic (exact) mass is 375 g/mol. The number of hydroxylamine groups is 1. The lowest BCUT2D eigenvalue weighted by Crippen LogP contribution is -2.30. The Labute approximate surface area is 157 Å². The maximum atomic E-state index is 12.8. The molecule has 0 saturated heterocycles. The number of anilines is 1. The zero-order valence-electron chi connectivity index (χ0n) is 15.7. The minimum atomic E-state index is -0.573. The second kappa shape index (κ2) is 8.92. The van der Waals surface area contributed by atoms with Gasteiger partial charge in [0.2, 0.25) is 11.4 Å². The van der Waals surface area contributed by atoms with Crippen LogP contribution in [0.2, 0.25) is 0 Å². The molecule has 0 aromatic carbocycles. The van der Waals surface area contributed by atoms with Crippen molar-refractivity contribution < 1.29 is 14.4 Å².